The largest absolute Gasteiger partial charge is 0.324 e. The van der Waals surface area contributed by atoms with Crippen LogP contribution in [0.4, 0.5) is 0 Å². The smallest absolute Gasteiger partial charge is 0.181 e. The minimum atomic E-state index is -1.63. The molecule has 0 fully saturated rings. The number of hydrogen-bond acceptors (Lipinski definition) is 2. The molecule has 0 saturated heterocycles. The lowest BCUT2D eigenvalue weighted by Crippen LogP contribution is -2.39. The lowest BCUT2D eigenvalue weighted by Gasteiger charge is -2.34. The van der Waals surface area contributed by atoms with E-state index in [-0.39, 0.29) is 10.1 Å². The molecule has 0 atom stereocenters. The average Bonchev–Trinajstić information content (AvgIpc) is 2.12. The highest BCUT2D eigenvalue weighted by Crippen LogP contribution is 2.38. The molecule has 0 saturated carbocycles. The summed E-state index contributed by atoms with van der Waals surface area (Å²) in [6.45, 7) is 27.4. The van der Waals surface area contributed by atoms with Crippen molar-refractivity contribution >= 4 is 27.9 Å². The summed E-state index contributed by atoms with van der Waals surface area (Å²) in [5.41, 5.74) is 2.28. The molecule has 0 aliphatic rings. The van der Waals surface area contributed by atoms with Gasteiger partial charge in [-0.25, -0.2) is 0 Å². The second-order valence-electron chi connectivity index (χ2n) is 9.01. The monoisotopic (exact) mass is 312 g/mol. The summed E-state index contributed by atoms with van der Waals surface area (Å²) in [6.07, 6.45) is 0. The van der Waals surface area contributed by atoms with Crippen LogP contribution in [0.2, 0.25) is 36.3 Å². The highest BCUT2D eigenvalue weighted by Gasteiger charge is 2.37. The zero-order valence-electron chi connectivity index (χ0n) is 15.9. The van der Waals surface area contributed by atoms with Gasteiger partial charge in [-0.1, -0.05) is 41.5 Å². The standard InChI is InChI=1S/C16H36N2Si2/c1-13(17-19(9,10)15(3,4)5)14(2)18-20(11,12)16(6,7)8/h1-12H3. The third-order valence-corrected chi connectivity index (χ3v) is 14.2. The van der Waals surface area contributed by atoms with Gasteiger partial charge in [0, 0.05) is 11.4 Å². The second kappa shape index (κ2) is 5.87. The predicted octanol–water partition coefficient (Wildman–Crippen LogP) is 5.92. The van der Waals surface area contributed by atoms with Gasteiger partial charge in [-0.3, -0.25) is 0 Å². The molecule has 0 radical (unpaired) electrons. The first kappa shape index (κ1) is 19.8. The lowest BCUT2D eigenvalue weighted by molar-refractivity contribution is 0.718. The molecule has 0 unspecified atom stereocenters. The highest BCUT2D eigenvalue weighted by atomic mass is 28.3. The molecule has 0 aromatic rings. The van der Waals surface area contributed by atoms with Crippen molar-refractivity contribution in [2.45, 2.75) is 91.7 Å². The van der Waals surface area contributed by atoms with E-state index in [1.165, 1.54) is 0 Å². The maximum Gasteiger partial charge on any atom is 0.181 e. The lowest BCUT2D eigenvalue weighted by atomic mass is 10.2. The van der Waals surface area contributed by atoms with Crippen LogP contribution < -0.4 is 0 Å². The molecule has 0 amide bonds. The first-order chi connectivity index (χ1) is 8.51. The Morgan fingerprint density at radius 3 is 0.950 bits per heavy atom. The first-order valence-corrected chi connectivity index (χ1v) is 13.5. The minimum absolute atomic E-state index is 0.283. The Labute approximate surface area is 129 Å². The van der Waals surface area contributed by atoms with Crippen LogP contribution in [0.3, 0.4) is 0 Å². The Morgan fingerprint density at radius 2 is 0.800 bits per heavy atom. The molecular formula is C16H36N2Si2. The number of hydrogen-bond donors (Lipinski definition) is 0. The van der Waals surface area contributed by atoms with Gasteiger partial charge in [-0.15, -0.1) is 0 Å². The van der Waals surface area contributed by atoms with Crippen molar-refractivity contribution < 1.29 is 0 Å². The van der Waals surface area contributed by atoms with E-state index < -0.39 is 16.5 Å². The molecule has 0 aliphatic carbocycles. The van der Waals surface area contributed by atoms with Gasteiger partial charge < -0.3 is 9.32 Å². The topological polar surface area (TPSA) is 24.7 Å². The Hall–Kier alpha value is -0.226. The average molecular weight is 313 g/mol. The quantitative estimate of drug-likeness (QED) is 0.456. The van der Waals surface area contributed by atoms with Crippen molar-refractivity contribution in [2.24, 2.45) is 9.32 Å². The Kier molecular flexibility index (Phi) is 5.81. The van der Waals surface area contributed by atoms with E-state index in [2.05, 4.69) is 81.6 Å². The van der Waals surface area contributed by atoms with Crippen LogP contribution in [0, 0.1) is 0 Å². The summed E-state index contributed by atoms with van der Waals surface area (Å²) in [5.74, 6) is 0. The summed E-state index contributed by atoms with van der Waals surface area (Å²) >= 11 is 0. The molecular weight excluding hydrogens is 276 g/mol. The van der Waals surface area contributed by atoms with Crippen molar-refractivity contribution in [3.63, 3.8) is 0 Å². The fourth-order valence-electron chi connectivity index (χ4n) is 1.34. The third kappa shape index (κ3) is 4.95. The van der Waals surface area contributed by atoms with Gasteiger partial charge in [-0.2, -0.15) is 0 Å². The molecule has 0 aromatic heterocycles. The maximum atomic E-state index is 5.09. The van der Waals surface area contributed by atoms with Crippen LogP contribution in [0.25, 0.3) is 0 Å². The van der Waals surface area contributed by atoms with Crippen LogP contribution in [-0.4, -0.2) is 27.9 Å². The van der Waals surface area contributed by atoms with Gasteiger partial charge in [0.2, 0.25) is 0 Å². The van der Waals surface area contributed by atoms with E-state index in [4.69, 9.17) is 9.32 Å². The van der Waals surface area contributed by atoms with Crippen LogP contribution in [-0.2, 0) is 0 Å². The van der Waals surface area contributed by atoms with Gasteiger partial charge in [0.15, 0.2) is 16.5 Å². The summed E-state index contributed by atoms with van der Waals surface area (Å²) in [7, 11) is -3.26. The summed E-state index contributed by atoms with van der Waals surface area (Å²) in [4.78, 5) is 0. The zero-order valence-corrected chi connectivity index (χ0v) is 17.9. The molecule has 0 rings (SSSR count). The Morgan fingerprint density at radius 1 is 0.600 bits per heavy atom. The SMILES string of the molecule is CC(=N[Si](C)(C)C(C)(C)C)C(C)=N[Si](C)(C)C(C)(C)C. The fourth-order valence-corrected chi connectivity index (χ4v) is 4.01. The molecule has 2 nitrogen and oxygen atoms in total. The fraction of sp³-hybridized carbons (Fsp3) is 0.875. The molecule has 4 heteroatoms. The number of rotatable bonds is 3. The van der Waals surface area contributed by atoms with Crippen molar-refractivity contribution in [3.05, 3.63) is 0 Å². The van der Waals surface area contributed by atoms with E-state index in [0.717, 1.165) is 11.4 Å². The molecule has 0 heterocycles. The van der Waals surface area contributed by atoms with Gasteiger partial charge >= 0.3 is 0 Å². The Bertz CT molecular complexity index is 365. The second-order valence-corrected chi connectivity index (χ2v) is 18.7. The van der Waals surface area contributed by atoms with Crippen LogP contribution in [0.5, 0.6) is 0 Å². The minimum Gasteiger partial charge on any atom is -0.324 e. The van der Waals surface area contributed by atoms with Gasteiger partial charge in [-0.05, 0) is 50.1 Å². The van der Waals surface area contributed by atoms with E-state index in [1.807, 2.05) is 0 Å². The van der Waals surface area contributed by atoms with Crippen LogP contribution in [0.15, 0.2) is 9.32 Å². The molecule has 0 bridgehead atoms. The first-order valence-electron chi connectivity index (χ1n) is 7.64. The normalized spacial score (nSPS) is 16.6. The van der Waals surface area contributed by atoms with E-state index in [9.17, 15) is 0 Å². The van der Waals surface area contributed by atoms with Gasteiger partial charge in [0.25, 0.3) is 0 Å². The van der Waals surface area contributed by atoms with Gasteiger partial charge in [0.05, 0.1) is 0 Å². The van der Waals surface area contributed by atoms with Crippen molar-refractivity contribution in [1.82, 2.24) is 0 Å². The van der Waals surface area contributed by atoms with Crippen molar-refractivity contribution in [2.75, 3.05) is 0 Å². The summed E-state index contributed by atoms with van der Waals surface area (Å²) in [6, 6.07) is 0. The molecule has 20 heavy (non-hydrogen) atoms. The molecule has 0 aliphatic heterocycles. The van der Waals surface area contributed by atoms with E-state index in [0.29, 0.717) is 0 Å². The van der Waals surface area contributed by atoms with Crippen LogP contribution >= 0.6 is 0 Å². The molecule has 0 aromatic carbocycles. The number of nitrogens with zero attached hydrogens (tertiary/aromatic N) is 2. The predicted molar refractivity (Wildman–Crippen MR) is 101 cm³/mol. The highest BCUT2D eigenvalue weighted by molar-refractivity contribution is 6.82. The van der Waals surface area contributed by atoms with Crippen LogP contribution in [0.1, 0.15) is 55.4 Å². The third-order valence-electron chi connectivity index (χ3n) is 5.09. The zero-order chi connectivity index (χ0) is 16.6. The Balaban J connectivity index is 5.49. The van der Waals surface area contributed by atoms with Gasteiger partial charge in [0.1, 0.15) is 0 Å². The summed E-state index contributed by atoms with van der Waals surface area (Å²) < 4.78 is 10.2. The molecule has 0 spiro atoms. The molecule has 0 N–H and O–H groups in total. The van der Waals surface area contributed by atoms with Crippen molar-refractivity contribution in [3.8, 4) is 0 Å². The molecule has 118 valence electrons. The van der Waals surface area contributed by atoms with E-state index >= 15 is 0 Å². The summed E-state index contributed by atoms with van der Waals surface area (Å²) in [5, 5.41) is 0.566. The van der Waals surface area contributed by atoms with E-state index in [1.54, 1.807) is 0 Å². The van der Waals surface area contributed by atoms with Crippen molar-refractivity contribution in [1.29, 1.82) is 0 Å². The maximum absolute atomic E-state index is 5.09.